The molecule has 0 fully saturated rings. The lowest BCUT2D eigenvalue weighted by Gasteiger charge is -2.15. The van der Waals surface area contributed by atoms with Gasteiger partial charge in [-0.2, -0.15) is 0 Å². The van der Waals surface area contributed by atoms with E-state index in [0.717, 1.165) is 11.1 Å². The van der Waals surface area contributed by atoms with Crippen molar-refractivity contribution in [1.29, 1.82) is 0 Å². The Kier molecular flexibility index (Phi) is 7.32. The molecule has 2 aromatic carbocycles. The van der Waals surface area contributed by atoms with Gasteiger partial charge in [0.2, 0.25) is 0 Å². The zero-order valence-corrected chi connectivity index (χ0v) is 16.6. The number of aryl methyl sites for hydroxylation is 2. The number of Topliss-reactive ketones (excluding diaryl/α,β-unsaturated/α-hetero) is 1. The quantitative estimate of drug-likeness (QED) is 0.553. The van der Waals surface area contributed by atoms with Crippen molar-refractivity contribution in [2.75, 3.05) is 12.4 Å². The molecule has 0 aliphatic heterocycles. The van der Waals surface area contributed by atoms with E-state index in [1.54, 1.807) is 30.3 Å². The fourth-order valence-electron chi connectivity index (χ4n) is 2.57. The number of nitrogens with one attached hydrogen (secondary N) is 1. The lowest BCUT2D eigenvalue weighted by molar-refractivity contribution is -0.153. The zero-order chi connectivity index (χ0) is 20.7. The van der Waals surface area contributed by atoms with Crippen LogP contribution in [0.5, 0.6) is 5.75 Å². The molecule has 0 aliphatic rings. The summed E-state index contributed by atoms with van der Waals surface area (Å²) in [6, 6.07) is 12.4. The molecule has 0 unspecified atom stereocenters. The molecule has 28 heavy (non-hydrogen) atoms. The van der Waals surface area contributed by atoms with Crippen LogP contribution in [0, 0.1) is 13.8 Å². The van der Waals surface area contributed by atoms with Crippen molar-refractivity contribution in [3.63, 3.8) is 0 Å². The molecule has 2 aromatic rings. The minimum Gasteiger partial charge on any atom is -0.495 e. The van der Waals surface area contributed by atoms with Gasteiger partial charge in [-0.05, 0) is 50.1 Å². The van der Waals surface area contributed by atoms with Gasteiger partial charge in [0.1, 0.15) is 5.75 Å². The SMILES string of the molecule is COc1ccccc1NC(=O)[C@H](C)OC(=O)CCC(=O)c1ccc(C)c(C)c1. The third-order valence-electron chi connectivity index (χ3n) is 4.43. The van der Waals surface area contributed by atoms with Crippen LogP contribution < -0.4 is 10.1 Å². The highest BCUT2D eigenvalue weighted by atomic mass is 16.5. The first kappa shape index (κ1) is 21.2. The van der Waals surface area contributed by atoms with E-state index in [0.29, 0.717) is 17.0 Å². The summed E-state index contributed by atoms with van der Waals surface area (Å²) in [5.74, 6) is -0.697. The highest BCUT2D eigenvalue weighted by Gasteiger charge is 2.20. The minimum atomic E-state index is -0.992. The van der Waals surface area contributed by atoms with E-state index in [1.807, 2.05) is 26.0 Å². The number of amides is 1. The van der Waals surface area contributed by atoms with Crippen molar-refractivity contribution in [1.82, 2.24) is 0 Å². The molecular formula is C22H25NO5. The van der Waals surface area contributed by atoms with Crippen LogP contribution in [0.2, 0.25) is 0 Å². The summed E-state index contributed by atoms with van der Waals surface area (Å²) >= 11 is 0. The van der Waals surface area contributed by atoms with Crippen LogP contribution in [0.25, 0.3) is 0 Å². The van der Waals surface area contributed by atoms with Gasteiger partial charge >= 0.3 is 5.97 Å². The Morgan fingerprint density at radius 3 is 2.39 bits per heavy atom. The molecule has 0 saturated carbocycles. The van der Waals surface area contributed by atoms with Gasteiger partial charge in [0.25, 0.3) is 5.91 Å². The van der Waals surface area contributed by atoms with Gasteiger partial charge in [0.05, 0.1) is 19.2 Å². The number of anilines is 1. The van der Waals surface area contributed by atoms with E-state index >= 15 is 0 Å². The zero-order valence-electron chi connectivity index (χ0n) is 16.6. The fraction of sp³-hybridized carbons (Fsp3) is 0.318. The van der Waals surface area contributed by atoms with Crippen molar-refractivity contribution in [2.45, 2.75) is 39.7 Å². The number of hydrogen-bond donors (Lipinski definition) is 1. The molecule has 1 atom stereocenters. The Morgan fingerprint density at radius 1 is 1.00 bits per heavy atom. The molecule has 0 aliphatic carbocycles. The van der Waals surface area contributed by atoms with Crippen LogP contribution in [0.15, 0.2) is 42.5 Å². The molecule has 6 heteroatoms. The summed E-state index contributed by atoms with van der Waals surface area (Å²) < 4.78 is 10.3. The van der Waals surface area contributed by atoms with Gasteiger partial charge in [0, 0.05) is 12.0 Å². The van der Waals surface area contributed by atoms with Crippen LogP contribution in [0.1, 0.15) is 41.3 Å². The summed E-state index contributed by atoms with van der Waals surface area (Å²) in [5.41, 5.74) is 3.18. The highest BCUT2D eigenvalue weighted by molar-refractivity contribution is 5.98. The number of carbonyl (C=O) groups excluding carboxylic acids is 3. The molecule has 0 aromatic heterocycles. The first-order valence-corrected chi connectivity index (χ1v) is 9.05. The molecule has 0 saturated heterocycles. The van der Waals surface area contributed by atoms with E-state index in [-0.39, 0.29) is 18.6 Å². The van der Waals surface area contributed by atoms with E-state index in [1.165, 1.54) is 14.0 Å². The number of ether oxygens (including phenoxy) is 2. The normalized spacial score (nSPS) is 11.4. The number of esters is 1. The van der Waals surface area contributed by atoms with Gasteiger partial charge in [-0.1, -0.05) is 24.3 Å². The first-order valence-electron chi connectivity index (χ1n) is 9.05. The second kappa shape index (κ2) is 9.69. The lowest BCUT2D eigenvalue weighted by atomic mass is 10.0. The van der Waals surface area contributed by atoms with E-state index in [2.05, 4.69) is 5.32 Å². The monoisotopic (exact) mass is 383 g/mol. The summed E-state index contributed by atoms with van der Waals surface area (Å²) in [4.78, 5) is 36.5. The standard InChI is InChI=1S/C22H25NO5/c1-14-9-10-17(13-15(14)2)19(24)11-12-21(25)28-16(3)22(26)23-18-7-5-6-8-20(18)27-4/h5-10,13,16H,11-12H2,1-4H3,(H,23,26)/t16-/m0/s1. The summed E-state index contributed by atoms with van der Waals surface area (Å²) in [7, 11) is 1.50. The first-order chi connectivity index (χ1) is 13.3. The maximum atomic E-state index is 12.2. The Balaban J connectivity index is 1.85. The summed E-state index contributed by atoms with van der Waals surface area (Å²) in [5, 5.41) is 2.66. The van der Waals surface area contributed by atoms with Crippen LogP contribution in [-0.4, -0.2) is 30.9 Å². The molecule has 1 N–H and O–H groups in total. The average Bonchev–Trinajstić information content (AvgIpc) is 2.68. The third-order valence-corrected chi connectivity index (χ3v) is 4.43. The maximum Gasteiger partial charge on any atom is 0.307 e. The lowest BCUT2D eigenvalue weighted by Crippen LogP contribution is -2.30. The Bertz CT molecular complexity index is 875. The molecule has 0 spiro atoms. The molecule has 0 heterocycles. The molecule has 0 bridgehead atoms. The number of methoxy groups -OCH3 is 1. The number of hydrogen-bond acceptors (Lipinski definition) is 5. The molecule has 6 nitrogen and oxygen atoms in total. The second-order valence-electron chi connectivity index (χ2n) is 6.54. The van der Waals surface area contributed by atoms with Crippen molar-refractivity contribution in [2.24, 2.45) is 0 Å². The van der Waals surface area contributed by atoms with Crippen LogP contribution in [0.3, 0.4) is 0 Å². The smallest absolute Gasteiger partial charge is 0.307 e. The van der Waals surface area contributed by atoms with Gasteiger partial charge in [0.15, 0.2) is 11.9 Å². The molecular weight excluding hydrogens is 358 g/mol. The summed E-state index contributed by atoms with van der Waals surface area (Å²) in [6.07, 6.45) is -1.05. The highest BCUT2D eigenvalue weighted by Crippen LogP contribution is 2.23. The Labute approximate surface area is 164 Å². The van der Waals surface area contributed by atoms with Crippen molar-refractivity contribution in [3.05, 3.63) is 59.2 Å². The Hall–Kier alpha value is -3.15. The maximum absolute atomic E-state index is 12.2. The van der Waals surface area contributed by atoms with E-state index in [4.69, 9.17) is 9.47 Å². The van der Waals surface area contributed by atoms with Gasteiger partial charge in [-0.3, -0.25) is 14.4 Å². The average molecular weight is 383 g/mol. The second-order valence-corrected chi connectivity index (χ2v) is 6.54. The largest absolute Gasteiger partial charge is 0.495 e. The fourth-order valence-corrected chi connectivity index (χ4v) is 2.57. The Morgan fingerprint density at radius 2 is 1.71 bits per heavy atom. The minimum absolute atomic E-state index is 0.0299. The molecule has 0 radical (unpaired) electrons. The third kappa shape index (κ3) is 5.67. The van der Waals surface area contributed by atoms with Crippen molar-refractivity contribution in [3.8, 4) is 5.75 Å². The van der Waals surface area contributed by atoms with E-state index in [9.17, 15) is 14.4 Å². The summed E-state index contributed by atoms with van der Waals surface area (Å²) in [6.45, 7) is 5.38. The molecule has 2 rings (SSSR count). The predicted octanol–water partition coefficient (Wildman–Crippen LogP) is 3.85. The van der Waals surface area contributed by atoms with Gasteiger partial charge in [-0.15, -0.1) is 0 Å². The van der Waals surface area contributed by atoms with Crippen molar-refractivity contribution >= 4 is 23.3 Å². The van der Waals surface area contributed by atoms with Gasteiger partial charge in [-0.25, -0.2) is 0 Å². The number of para-hydroxylation sites is 2. The van der Waals surface area contributed by atoms with Crippen LogP contribution in [0.4, 0.5) is 5.69 Å². The predicted molar refractivity (Wildman–Crippen MR) is 107 cm³/mol. The number of benzene rings is 2. The van der Waals surface area contributed by atoms with Crippen LogP contribution in [-0.2, 0) is 14.3 Å². The van der Waals surface area contributed by atoms with Crippen LogP contribution >= 0.6 is 0 Å². The number of carbonyl (C=O) groups is 3. The molecule has 1 amide bonds. The molecule has 148 valence electrons. The topological polar surface area (TPSA) is 81.7 Å². The number of ketones is 1. The van der Waals surface area contributed by atoms with Crippen molar-refractivity contribution < 1.29 is 23.9 Å². The number of rotatable bonds is 8. The van der Waals surface area contributed by atoms with E-state index < -0.39 is 18.0 Å². The van der Waals surface area contributed by atoms with Gasteiger partial charge < -0.3 is 14.8 Å².